The van der Waals surface area contributed by atoms with Gasteiger partial charge in [0, 0.05) is 24.3 Å². The molecule has 15 heavy (non-hydrogen) atoms. The third kappa shape index (κ3) is 6.02. The Morgan fingerprint density at radius 2 is 2.13 bits per heavy atom. The average Bonchev–Trinajstić information content (AvgIpc) is 2.13. The second kappa shape index (κ2) is 6.35. The van der Waals surface area contributed by atoms with Gasteiger partial charge in [-0.3, -0.25) is 4.79 Å². The van der Waals surface area contributed by atoms with Crippen LogP contribution in [0.1, 0.15) is 20.8 Å². The third-order valence-electron chi connectivity index (χ3n) is 2.30. The standard InChI is InChI=1S/C10H22N2O2S/c1-7(8(2)11)9(13)12-5-10(3,14)6-15-4/h7-8,14H,5-6,11H2,1-4H3,(H,12,13). The fourth-order valence-corrected chi connectivity index (χ4v) is 1.76. The number of hydrogen-bond acceptors (Lipinski definition) is 4. The molecular formula is C10H22N2O2S. The van der Waals surface area contributed by atoms with E-state index in [1.54, 1.807) is 32.5 Å². The number of carbonyl (C=O) groups excluding carboxylic acids is 1. The van der Waals surface area contributed by atoms with Crippen LogP contribution in [0.5, 0.6) is 0 Å². The SMILES string of the molecule is CSCC(C)(O)CNC(=O)C(C)C(C)N. The molecule has 0 aromatic heterocycles. The largest absolute Gasteiger partial charge is 0.387 e. The zero-order chi connectivity index (χ0) is 12.1. The van der Waals surface area contributed by atoms with Crippen LogP contribution in [0.25, 0.3) is 0 Å². The van der Waals surface area contributed by atoms with Gasteiger partial charge in [0.05, 0.1) is 5.60 Å². The first-order chi connectivity index (χ1) is 6.80. The van der Waals surface area contributed by atoms with Crippen molar-refractivity contribution >= 4 is 17.7 Å². The summed E-state index contributed by atoms with van der Waals surface area (Å²) >= 11 is 1.55. The van der Waals surface area contributed by atoms with Gasteiger partial charge < -0.3 is 16.2 Å². The smallest absolute Gasteiger partial charge is 0.224 e. The number of aliphatic hydroxyl groups is 1. The second-order valence-corrected chi connectivity index (χ2v) is 5.16. The van der Waals surface area contributed by atoms with Crippen molar-refractivity contribution in [3.63, 3.8) is 0 Å². The molecule has 0 aliphatic heterocycles. The maximum absolute atomic E-state index is 11.5. The van der Waals surface area contributed by atoms with Gasteiger partial charge in [-0.25, -0.2) is 0 Å². The predicted octanol–water partition coefficient (Wildman–Crippen LogP) is 0.200. The summed E-state index contributed by atoms with van der Waals surface area (Å²) in [6, 6.07) is -0.171. The molecule has 0 spiro atoms. The lowest BCUT2D eigenvalue weighted by atomic mass is 10.0. The summed E-state index contributed by atoms with van der Waals surface area (Å²) in [5, 5.41) is 12.5. The number of amides is 1. The van der Waals surface area contributed by atoms with Gasteiger partial charge in [0.25, 0.3) is 0 Å². The number of rotatable bonds is 6. The summed E-state index contributed by atoms with van der Waals surface area (Å²) in [5.41, 5.74) is 4.75. The molecule has 0 bridgehead atoms. The van der Waals surface area contributed by atoms with Crippen LogP contribution >= 0.6 is 11.8 Å². The van der Waals surface area contributed by atoms with Crippen LogP contribution < -0.4 is 11.1 Å². The molecule has 0 aliphatic rings. The van der Waals surface area contributed by atoms with Crippen LogP contribution in [-0.4, -0.2) is 41.2 Å². The van der Waals surface area contributed by atoms with Crippen LogP contribution in [-0.2, 0) is 4.79 Å². The summed E-state index contributed by atoms with van der Waals surface area (Å²) in [6.45, 7) is 5.55. The van der Waals surface area contributed by atoms with E-state index in [1.807, 2.05) is 6.26 Å². The van der Waals surface area contributed by atoms with E-state index in [2.05, 4.69) is 5.32 Å². The van der Waals surface area contributed by atoms with E-state index in [-0.39, 0.29) is 24.4 Å². The lowest BCUT2D eigenvalue weighted by Crippen LogP contribution is -2.46. The molecule has 3 unspecified atom stereocenters. The monoisotopic (exact) mass is 234 g/mol. The molecule has 0 saturated carbocycles. The normalized spacial score (nSPS) is 19.1. The second-order valence-electron chi connectivity index (χ2n) is 4.30. The first kappa shape index (κ1) is 14.7. The summed E-state index contributed by atoms with van der Waals surface area (Å²) in [4.78, 5) is 11.5. The highest BCUT2D eigenvalue weighted by Gasteiger charge is 2.23. The van der Waals surface area contributed by atoms with Crippen LogP contribution in [0, 0.1) is 5.92 Å². The van der Waals surface area contributed by atoms with Crippen LogP contribution in [0.15, 0.2) is 0 Å². The van der Waals surface area contributed by atoms with Crippen LogP contribution in [0.4, 0.5) is 0 Å². The molecule has 3 atom stereocenters. The number of hydrogen-bond donors (Lipinski definition) is 3. The van der Waals surface area contributed by atoms with Gasteiger partial charge in [0.15, 0.2) is 0 Å². The molecule has 0 saturated heterocycles. The minimum atomic E-state index is -0.855. The zero-order valence-corrected chi connectivity index (χ0v) is 10.7. The third-order valence-corrected chi connectivity index (χ3v) is 3.21. The first-order valence-corrected chi connectivity index (χ1v) is 6.44. The van der Waals surface area contributed by atoms with E-state index >= 15 is 0 Å². The van der Waals surface area contributed by atoms with Crippen molar-refractivity contribution in [3.05, 3.63) is 0 Å². The summed E-state index contributed by atoms with van der Waals surface area (Å²) < 4.78 is 0. The molecular weight excluding hydrogens is 212 g/mol. The Bertz CT molecular complexity index is 208. The van der Waals surface area contributed by atoms with Gasteiger partial charge >= 0.3 is 0 Å². The lowest BCUT2D eigenvalue weighted by Gasteiger charge is -2.24. The molecule has 0 rings (SSSR count). The average molecular weight is 234 g/mol. The molecule has 4 N–H and O–H groups in total. The summed E-state index contributed by atoms with van der Waals surface area (Å²) in [7, 11) is 0. The molecule has 0 heterocycles. The van der Waals surface area contributed by atoms with Crippen LogP contribution in [0.2, 0.25) is 0 Å². The van der Waals surface area contributed by atoms with E-state index in [4.69, 9.17) is 5.73 Å². The van der Waals surface area contributed by atoms with Gasteiger partial charge in [-0.2, -0.15) is 11.8 Å². The molecule has 0 aromatic carbocycles. The maximum Gasteiger partial charge on any atom is 0.224 e. The van der Waals surface area contributed by atoms with Crippen molar-refractivity contribution in [1.29, 1.82) is 0 Å². The minimum Gasteiger partial charge on any atom is -0.387 e. The van der Waals surface area contributed by atoms with Gasteiger partial charge in [-0.1, -0.05) is 6.92 Å². The van der Waals surface area contributed by atoms with Gasteiger partial charge in [-0.05, 0) is 20.1 Å². The Kier molecular flexibility index (Phi) is 6.24. The van der Waals surface area contributed by atoms with Crippen molar-refractivity contribution in [3.8, 4) is 0 Å². The Hall–Kier alpha value is -0.260. The van der Waals surface area contributed by atoms with Crippen molar-refractivity contribution in [1.82, 2.24) is 5.32 Å². The highest BCUT2D eigenvalue weighted by Crippen LogP contribution is 2.09. The van der Waals surface area contributed by atoms with Gasteiger partial charge in [-0.15, -0.1) is 0 Å². The molecule has 0 fully saturated rings. The maximum atomic E-state index is 11.5. The molecule has 0 aliphatic carbocycles. The molecule has 90 valence electrons. The molecule has 1 amide bonds. The van der Waals surface area contributed by atoms with Crippen molar-refractivity contribution in [2.75, 3.05) is 18.6 Å². The van der Waals surface area contributed by atoms with Crippen LogP contribution in [0.3, 0.4) is 0 Å². The lowest BCUT2D eigenvalue weighted by molar-refractivity contribution is -0.125. The Balaban J connectivity index is 4.00. The number of nitrogens with two attached hydrogens (primary N) is 1. The van der Waals surface area contributed by atoms with E-state index < -0.39 is 5.60 Å². The number of nitrogens with one attached hydrogen (secondary N) is 1. The number of thioether (sulfide) groups is 1. The fraction of sp³-hybridized carbons (Fsp3) is 0.900. The molecule has 5 heteroatoms. The summed E-state index contributed by atoms with van der Waals surface area (Å²) in [6.07, 6.45) is 1.92. The van der Waals surface area contributed by atoms with E-state index in [0.29, 0.717) is 5.75 Å². The number of carbonyl (C=O) groups is 1. The van der Waals surface area contributed by atoms with Crippen molar-refractivity contribution in [2.24, 2.45) is 11.7 Å². The molecule has 0 aromatic rings. The van der Waals surface area contributed by atoms with Crippen molar-refractivity contribution in [2.45, 2.75) is 32.4 Å². The fourth-order valence-electron chi connectivity index (χ4n) is 1.04. The van der Waals surface area contributed by atoms with Gasteiger partial charge in [0.2, 0.25) is 5.91 Å². The predicted molar refractivity (Wildman–Crippen MR) is 64.8 cm³/mol. The van der Waals surface area contributed by atoms with Gasteiger partial charge in [0.1, 0.15) is 0 Å². The van der Waals surface area contributed by atoms with E-state index in [0.717, 1.165) is 0 Å². The zero-order valence-electron chi connectivity index (χ0n) is 9.91. The Labute approximate surface area is 96.0 Å². The topological polar surface area (TPSA) is 75.3 Å². The molecule has 4 nitrogen and oxygen atoms in total. The summed E-state index contributed by atoms with van der Waals surface area (Å²) in [5.74, 6) is 0.265. The van der Waals surface area contributed by atoms with Crippen molar-refractivity contribution < 1.29 is 9.90 Å². The minimum absolute atomic E-state index is 0.105. The van der Waals surface area contributed by atoms with E-state index in [1.165, 1.54) is 0 Å². The molecule has 0 radical (unpaired) electrons. The highest BCUT2D eigenvalue weighted by atomic mass is 32.2. The first-order valence-electron chi connectivity index (χ1n) is 5.05. The Morgan fingerprint density at radius 1 is 1.60 bits per heavy atom. The highest BCUT2D eigenvalue weighted by molar-refractivity contribution is 7.98. The quantitative estimate of drug-likeness (QED) is 0.614. The van der Waals surface area contributed by atoms with E-state index in [9.17, 15) is 9.90 Å². The Morgan fingerprint density at radius 3 is 2.53 bits per heavy atom.